The van der Waals surface area contributed by atoms with E-state index < -0.39 is 11.5 Å². The van der Waals surface area contributed by atoms with Gasteiger partial charge in [0.2, 0.25) is 5.91 Å². The maximum Gasteiger partial charge on any atom is 0.329 e. The average molecular weight is 277 g/mol. The van der Waals surface area contributed by atoms with Crippen molar-refractivity contribution in [3.8, 4) is 0 Å². The molecule has 1 fully saturated rings. The molecule has 1 aliphatic heterocycles. The van der Waals surface area contributed by atoms with Gasteiger partial charge in [-0.05, 0) is 25.3 Å². The van der Waals surface area contributed by atoms with E-state index in [-0.39, 0.29) is 5.91 Å². The highest BCUT2D eigenvalue weighted by molar-refractivity contribution is 5.96. The van der Waals surface area contributed by atoms with E-state index in [9.17, 15) is 14.7 Å². The van der Waals surface area contributed by atoms with Crippen molar-refractivity contribution in [1.82, 2.24) is 14.7 Å². The second-order valence-corrected chi connectivity index (χ2v) is 5.06. The summed E-state index contributed by atoms with van der Waals surface area (Å²) in [5, 5.41) is 13.5. The van der Waals surface area contributed by atoms with Gasteiger partial charge >= 0.3 is 5.97 Å². The molecule has 1 aromatic rings. The summed E-state index contributed by atoms with van der Waals surface area (Å²) in [6, 6.07) is 0. The van der Waals surface area contributed by atoms with Crippen LogP contribution in [0.25, 0.3) is 6.08 Å². The molecule has 6 nitrogen and oxygen atoms in total. The van der Waals surface area contributed by atoms with Crippen molar-refractivity contribution in [3.63, 3.8) is 0 Å². The number of hydrogen-bond acceptors (Lipinski definition) is 3. The summed E-state index contributed by atoms with van der Waals surface area (Å²) in [5.41, 5.74) is -0.228. The number of aromatic nitrogens is 2. The zero-order valence-electron chi connectivity index (χ0n) is 11.7. The molecule has 1 N–H and O–H groups in total. The van der Waals surface area contributed by atoms with E-state index in [0.717, 1.165) is 12.0 Å². The number of nitrogens with zero attached hydrogens (tertiary/aromatic N) is 3. The number of hydrogen-bond donors (Lipinski definition) is 1. The van der Waals surface area contributed by atoms with Gasteiger partial charge in [0, 0.05) is 31.4 Å². The molecule has 0 bridgehead atoms. The van der Waals surface area contributed by atoms with E-state index in [1.54, 1.807) is 30.2 Å². The second kappa shape index (κ2) is 5.48. The highest BCUT2D eigenvalue weighted by Gasteiger charge is 2.47. The van der Waals surface area contributed by atoms with E-state index in [0.29, 0.717) is 19.4 Å². The lowest BCUT2D eigenvalue weighted by Gasteiger charge is -2.33. The smallest absolute Gasteiger partial charge is 0.329 e. The number of carbonyl (C=O) groups is 2. The van der Waals surface area contributed by atoms with Gasteiger partial charge in [0.1, 0.15) is 5.54 Å². The van der Waals surface area contributed by atoms with Crippen LogP contribution in [0.1, 0.15) is 31.7 Å². The molecule has 0 radical (unpaired) electrons. The molecule has 20 heavy (non-hydrogen) atoms. The van der Waals surface area contributed by atoms with E-state index in [1.165, 1.54) is 11.0 Å². The number of rotatable bonds is 4. The topological polar surface area (TPSA) is 75.4 Å². The van der Waals surface area contributed by atoms with Crippen molar-refractivity contribution in [2.45, 2.75) is 31.7 Å². The highest BCUT2D eigenvalue weighted by Crippen LogP contribution is 2.33. The maximum absolute atomic E-state index is 12.3. The van der Waals surface area contributed by atoms with Crippen LogP contribution >= 0.6 is 0 Å². The third-order valence-electron chi connectivity index (χ3n) is 3.88. The molecule has 0 aromatic carbocycles. The van der Waals surface area contributed by atoms with Gasteiger partial charge in [0.25, 0.3) is 0 Å². The van der Waals surface area contributed by atoms with Crippen LogP contribution in [-0.2, 0) is 16.6 Å². The number of aliphatic carboxylic acids is 1. The first kappa shape index (κ1) is 14.3. The highest BCUT2D eigenvalue weighted by atomic mass is 16.4. The van der Waals surface area contributed by atoms with E-state index >= 15 is 0 Å². The van der Waals surface area contributed by atoms with Crippen LogP contribution in [0.2, 0.25) is 0 Å². The molecular weight excluding hydrogens is 258 g/mol. The van der Waals surface area contributed by atoms with Crippen LogP contribution in [-0.4, -0.2) is 43.7 Å². The molecule has 1 amide bonds. The number of carboxylic acid groups (broad SMARTS) is 1. The van der Waals surface area contributed by atoms with Crippen LogP contribution in [0.15, 0.2) is 18.5 Å². The van der Waals surface area contributed by atoms with Crippen LogP contribution in [0, 0.1) is 0 Å². The predicted octanol–water partition coefficient (Wildman–Crippen LogP) is 1.29. The van der Waals surface area contributed by atoms with Crippen molar-refractivity contribution in [2.24, 2.45) is 7.05 Å². The molecule has 108 valence electrons. The lowest BCUT2D eigenvalue weighted by Crippen LogP contribution is -2.52. The quantitative estimate of drug-likeness (QED) is 0.841. The predicted molar refractivity (Wildman–Crippen MR) is 73.8 cm³/mol. The van der Waals surface area contributed by atoms with E-state index in [1.807, 2.05) is 6.92 Å². The minimum atomic E-state index is -1.05. The van der Waals surface area contributed by atoms with Crippen LogP contribution in [0.3, 0.4) is 0 Å². The SMILES string of the molecule is CCC1(C(=O)O)CCCN1C(=O)/C=C/c1cnn(C)c1. The molecule has 6 heteroatoms. The molecule has 1 saturated heterocycles. The van der Waals surface area contributed by atoms with Gasteiger partial charge < -0.3 is 10.0 Å². The number of carbonyl (C=O) groups excluding carboxylic acids is 1. The van der Waals surface area contributed by atoms with Crippen molar-refractivity contribution in [3.05, 3.63) is 24.0 Å². The fraction of sp³-hybridized carbons (Fsp3) is 0.500. The Labute approximate surface area is 117 Å². The first-order chi connectivity index (χ1) is 9.49. The number of likely N-dealkylation sites (tertiary alicyclic amines) is 1. The Morgan fingerprint density at radius 1 is 1.55 bits per heavy atom. The molecule has 1 atom stereocenters. The summed E-state index contributed by atoms with van der Waals surface area (Å²) in [4.78, 5) is 25.2. The molecular formula is C14H19N3O3. The fourth-order valence-corrected chi connectivity index (χ4v) is 2.72. The van der Waals surface area contributed by atoms with Crippen LogP contribution in [0.5, 0.6) is 0 Å². The summed E-state index contributed by atoms with van der Waals surface area (Å²) in [6.45, 7) is 2.31. The van der Waals surface area contributed by atoms with Crippen molar-refractivity contribution in [1.29, 1.82) is 0 Å². The second-order valence-electron chi connectivity index (χ2n) is 5.06. The molecule has 1 unspecified atom stereocenters. The third kappa shape index (κ3) is 2.45. The Morgan fingerprint density at radius 3 is 2.85 bits per heavy atom. The van der Waals surface area contributed by atoms with Crippen LogP contribution in [0.4, 0.5) is 0 Å². The van der Waals surface area contributed by atoms with Crippen molar-refractivity contribution in [2.75, 3.05) is 6.54 Å². The van der Waals surface area contributed by atoms with Gasteiger partial charge in [-0.1, -0.05) is 6.92 Å². The minimum absolute atomic E-state index is 0.254. The third-order valence-corrected chi connectivity index (χ3v) is 3.88. The van der Waals surface area contributed by atoms with Gasteiger partial charge in [0.15, 0.2) is 0 Å². The van der Waals surface area contributed by atoms with Gasteiger partial charge in [-0.2, -0.15) is 5.10 Å². The summed E-state index contributed by atoms with van der Waals surface area (Å²) in [5.74, 6) is -1.17. The zero-order chi connectivity index (χ0) is 14.8. The number of amides is 1. The lowest BCUT2D eigenvalue weighted by atomic mass is 9.93. The van der Waals surface area contributed by atoms with Gasteiger partial charge in [0.05, 0.1) is 6.20 Å². The summed E-state index contributed by atoms with van der Waals surface area (Å²) < 4.78 is 1.65. The molecule has 2 heterocycles. The molecule has 0 spiro atoms. The fourth-order valence-electron chi connectivity index (χ4n) is 2.72. The standard InChI is InChI=1S/C14H19N3O3/c1-3-14(13(19)20)7-4-8-17(14)12(18)6-5-11-9-15-16(2)10-11/h5-6,9-10H,3-4,7-8H2,1-2H3,(H,19,20)/b6-5+. The van der Waals surface area contributed by atoms with E-state index in [2.05, 4.69) is 5.10 Å². The largest absolute Gasteiger partial charge is 0.479 e. The van der Waals surface area contributed by atoms with Gasteiger partial charge in [-0.25, -0.2) is 4.79 Å². The molecule has 1 aliphatic rings. The van der Waals surface area contributed by atoms with Gasteiger partial charge in [-0.3, -0.25) is 9.48 Å². The Morgan fingerprint density at radius 2 is 2.30 bits per heavy atom. The first-order valence-corrected chi connectivity index (χ1v) is 6.71. The monoisotopic (exact) mass is 277 g/mol. The normalized spacial score (nSPS) is 22.6. The summed E-state index contributed by atoms with van der Waals surface area (Å²) >= 11 is 0. The Bertz CT molecular complexity index is 550. The Balaban J connectivity index is 2.16. The number of aryl methyl sites for hydroxylation is 1. The molecule has 1 aromatic heterocycles. The Hall–Kier alpha value is -2.11. The first-order valence-electron chi connectivity index (χ1n) is 6.71. The summed E-state index contributed by atoms with van der Waals surface area (Å²) in [7, 11) is 1.80. The van der Waals surface area contributed by atoms with Gasteiger partial charge in [-0.15, -0.1) is 0 Å². The average Bonchev–Trinajstić information content (AvgIpc) is 3.02. The van der Waals surface area contributed by atoms with E-state index in [4.69, 9.17) is 0 Å². The zero-order valence-corrected chi connectivity index (χ0v) is 11.7. The molecule has 2 rings (SSSR count). The number of carboxylic acids is 1. The summed E-state index contributed by atoms with van der Waals surface area (Å²) in [6.07, 6.45) is 8.20. The van der Waals surface area contributed by atoms with Crippen molar-refractivity contribution < 1.29 is 14.7 Å². The molecule has 0 saturated carbocycles. The maximum atomic E-state index is 12.3. The Kier molecular flexibility index (Phi) is 3.92. The molecule has 0 aliphatic carbocycles. The minimum Gasteiger partial charge on any atom is -0.479 e. The lowest BCUT2D eigenvalue weighted by molar-refractivity contribution is -0.155. The van der Waals surface area contributed by atoms with Crippen LogP contribution < -0.4 is 0 Å². The van der Waals surface area contributed by atoms with Crippen molar-refractivity contribution >= 4 is 18.0 Å².